The van der Waals surface area contributed by atoms with Gasteiger partial charge in [0.2, 0.25) is 0 Å². The van der Waals surface area contributed by atoms with E-state index in [2.05, 4.69) is 0 Å². The van der Waals surface area contributed by atoms with Gasteiger partial charge in [0.1, 0.15) is 11.8 Å². The van der Waals surface area contributed by atoms with Gasteiger partial charge in [0, 0.05) is 27.3 Å². The number of likely N-dealkylation sites (tertiary alicyclic amines) is 1. The number of rotatable bonds is 5. The molecular weight excluding hydrogens is 285 g/mol. The minimum absolute atomic E-state index is 0.225. The molecule has 20 heavy (non-hydrogen) atoms. The van der Waals surface area contributed by atoms with Crippen LogP contribution in [0.3, 0.4) is 0 Å². The van der Waals surface area contributed by atoms with E-state index in [9.17, 15) is 14.2 Å². The van der Waals surface area contributed by atoms with Crippen molar-refractivity contribution in [3.05, 3.63) is 0 Å². The summed E-state index contributed by atoms with van der Waals surface area (Å²) in [7, 11) is -0.849. The zero-order valence-electron chi connectivity index (χ0n) is 12.5. The van der Waals surface area contributed by atoms with E-state index in [1.54, 1.807) is 20.8 Å². The van der Waals surface area contributed by atoms with E-state index in [4.69, 9.17) is 13.8 Å². The highest BCUT2D eigenvalue weighted by molar-refractivity contribution is 7.54. The van der Waals surface area contributed by atoms with Gasteiger partial charge in [-0.3, -0.25) is 9.36 Å². The van der Waals surface area contributed by atoms with Crippen molar-refractivity contribution in [3.8, 4) is 0 Å². The third-order valence-corrected chi connectivity index (χ3v) is 4.71. The van der Waals surface area contributed by atoms with Crippen LogP contribution in [0.5, 0.6) is 0 Å². The Morgan fingerprint density at radius 1 is 1.20 bits per heavy atom. The van der Waals surface area contributed by atoms with Gasteiger partial charge in [-0.05, 0) is 20.8 Å². The highest BCUT2D eigenvalue weighted by Crippen LogP contribution is 2.46. The van der Waals surface area contributed by atoms with Gasteiger partial charge in [-0.2, -0.15) is 0 Å². The number of amides is 1. The van der Waals surface area contributed by atoms with E-state index in [0.717, 1.165) is 0 Å². The van der Waals surface area contributed by atoms with Gasteiger partial charge in [0.25, 0.3) is 0 Å². The minimum atomic E-state index is -3.33. The molecule has 1 aliphatic rings. The summed E-state index contributed by atoms with van der Waals surface area (Å²) in [6, 6.07) is 0. The molecule has 0 bridgehead atoms. The van der Waals surface area contributed by atoms with Crippen molar-refractivity contribution in [2.45, 2.75) is 26.4 Å². The van der Waals surface area contributed by atoms with Crippen molar-refractivity contribution in [3.63, 3.8) is 0 Å². The third-order valence-electron chi connectivity index (χ3n) is 2.89. The number of carbonyl (C=O) groups is 2. The summed E-state index contributed by atoms with van der Waals surface area (Å²) in [4.78, 5) is 25.0. The summed E-state index contributed by atoms with van der Waals surface area (Å²) < 4.78 is 26.5. The quantitative estimate of drug-likeness (QED) is 0.722. The SMILES string of the molecule is COP(=O)(CC(=O)C1CN(C(=O)OC(C)(C)C)C1)OC. The van der Waals surface area contributed by atoms with Crippen molar-refractivity contribution in [1.82, 2.24) is 4.90 Å². The van der Waals surface area contributed by atoms with Gasteiger partial charge in [0.15, 0.2) is 5.78 Å². The average molecular weight is 307 g/mol. The zero-order chi connectivity index (χ0) is 15.6. The van der Waals surface area contributed by atoms with E-state index >= 15 is 0 Å². The molecule has 0 spiro atoms. The molecule has 0 atom stereocenters. The first-order chi connectivity index (χ1) is 9.10. The molecule has 1 aliphatic heterocycles. The summed E-state index contributed by atoms with van der Waals surface area (Å²) in [6.07, 6.45) is -0.712. The summed E-state index contributed by atoms with van der Waals surface area (Å²) in [5.41, 5.74) is -0.562. The molecule has 0 aromatic heterocycles. The monoisotopic (exact) mass is 307 g/mol. The Labute approximate surface area is 119 Å². The fraction of sp³-hybridized carbons (Fsp3) is 0.833. The van der Waals surface area contributed by atoms with Crippen LogP contribution in [0.1, 0.15) is 20.8 Å². The second kappa shape index (κ2) is 6.24. The highest BCUT2D eigenvalue weighted by Gasteiger charge is 2.40. The van der Waals surface area contributed by atoms with Crippen LogP contribution < -0.4 is 0 Å². The molecule has 0 N–H and O–H groups in total. The van der Waals surface area contributed by atoms with Crippen LogP contribution in [0.2, 0.25) is 0 Å². The normalized spacial score (nSPS) is 16.8. The van der Waals surface area contributed by atoms with Crippen LogP contribution in [0, 0.1) is 5.92 Å². The van der Waals surface area contributed by atoms with Gasteiger partial charge in [0.05, 0.1) is 5.92 Å². The molecular formula is C12H22NO6P. The largest absolute Gasteiger partial charge is 0.444 e. The standard InChI is InChI=1S/C12H22NO6P/c1-12(2,3)19-11(15)13-6-9(7-13)10(14)8-20(16,17-4)18-5/h9H,6-8H2,1-5H3. The smallest absolute Gasteiger partial charge is 0.410 e. The first-order valence-corrected chi connectivity index (χ1v) is 8.04. The molecule has 0 radical (unpaired) electrons. The molecule has 116 valence electrons. The summed E-state index contributed by atoms with van der Waals surface area (Å²) in [5, 5.41) is 0. The molecule has 0 aromatic carbocycles. The number of ether oxygens (including phenoxy) is 1. The fourth-order valence-corrected chi connectivity index (χ4v) is 2.73. The Morgan fingerprint density at radius 2 is 1.70 bits per heavy atom. The maximum atomic E-state index is 11.9. The van der Waals surface area contributed by atoms with E-state index < -0.39 is 19.3 Å². The van der Waals surface area contributed by atoms with Crippen LogP contribution in [-0.4, -0.2) is 55.8 Å². The Morgan fingerprint density at radius 3 is 2.10 bits per heavy atom. The lowest BCUT2D eigenvalue weighted by Crippen LogP contribution is -2.54. The van der Waals surface area contributed by atoms with Crippen molar-refractivity contribution >= 4 is 19.5 Å². The molecule has 7 nitrogen and oxygen atoms in total. The van der Waals surface area contributed by atoms with Crippen LogP contribution in [-0.2, 0) is 23.1 Å². The number of carbonyl (C=O) groups excluding carboxylic acids is 2. The van der Waals surface area contributed by atoms with Crippen molar-refractivity contribution in [2.24, 2.45) is 5.92 Å². The van der Waals surface area contributed by atoms with E-state index in [1.807, 2.05) is 0 Å². The predicted octanol–water partition coefficient (Wildman–Crippen LogP) is 1.91. The van der Waals surface area contributed by atoms with Crippen LogP contribution in [0.25, 0.3) is 0 Å². The topological polar surface area (TPSA) is 82.1 Å². The number of Topliss-reactive ketones (excluding diaryl/α,β-unsaturated/α-hetero) is 1. The fourth-order valence-electron chi connectivity index (χ4n) is 1.68. The van der Waals surface area contributed by atoms with Crippen molar-refractivity contribution < 1.29 is 27.9 Å². The van der Waals surface area contributed by atoms with Gasteiger partial charge >= 0.3 is 13.7 Å². The molecule has 1 heterocycles. The van der Waals surface area contributed by atoms with Crippen LogP contribution in [0.15, 0.2) is 0 Å². The lowest BCUT2D eigenvalue weighted by Gasteiger charge is -2.39. The summed E-state index contributed by atoms with van der Waals surface area (Å²) in [5.74, 6) is -0.557. The first-order valence-electron chi connectivity index (χ1n) is 6.31. The van der Waals surface area contributed by atoms with Gasteiger partial charge in [-0.1, -0.05) is 0 Å². The molecule has 0 saturated carbocycles. The molecule has 1 saturated heterocycles. The summed E-state index contributed by atoms with van der Waals surface area (Å²) in [6.45, 7) is 5.89. The average Bonchev–Trinajstić information content (AvgIpc) is 2.24. The van der Waals surface area contributed by atoms with E-state index in [0.29, 0.717) is 0 Å². The van der Waals surface area contributed by atoms with Crippen LogP contribution >= 0.6 is 7.60 Å². The molecule has 1 fully saturated rings. The molecule has 1 rings (SSSR count). The zero-order valence-corrected chi connectivity index (χ0v) is 13.4. The van der Waals surface area contributed by atoms with Gasteiger partial charge in [-0.15, -0.1) is 0 Å². The predicted molar refractivity (Wildman–Crippen MR) is 72.8 cm³/mol. The minimum Gasteiger partial charge on any atom is -0.444 e. The molecule has 0 unspecified atom stereocenters. The lowest BCUT2D eigenvalue weighted by atomic mass is 9.97. The van der Waals surface area contributed by atoms with E-state index in [1.165, 1.54) is 19.1 Å². The van der Waals surface area contributed by atoms with Crippen LogP contribution in [0.4, 0.5) is 4.79 Å². The van der Waals surface area contributed by atoms with Gasteiger partial charge < -0.3 is 18.7 Å². The van der Waals surface area contributed by atoms with Crippen molar-refractivity contribution in [2.75, 3.05) is 33.5 Å². The number of hydrogen-bond donors (Lipinski definition) is 0. The Kier molecular flexibility index (Phi) is 5.35. The highest BCUT2D eigenvalue weighted by atomic mass is 31.2. The molecule has 1 amide bonds. The maximum Gasteiger partial charge on any atom is 0.410 e. The first kappa shape index (κ1) is 17.1. The molecule has 0 aliphatic carbocycles. The van der Waals surface area contributed by atoms with E-state index in [-0.39, 0.29) is 31.0 Å². The van der Waals surface area contributed by atoms with Gasteiger partial charge in [-0.25, -0.2) is 4.79 Å². The Balaban J connectivity index is 2.43. The molecule has 8 heteroatoms. The second-order valence-electron chi connectivity index (χ2n) is 5.68. The Bertz CT molecular complexity index is 416. The van der Waals surface area contributed by atoms with Crippen molar-refractivity contribution in [1.29, 1.82) is 0 Å². The number of hydrogen-bond acceptors (Lipinski definition) is 6. The number of ketones is 1. The maximum absolute atomic E-state index is 11.9. The lowest BCUT2D eigenvalue weighted by molar-refractivity contribution is -0.125. The summed E-state index contributed by atoms with van der Waals surface area (Å²) >= 11 is 0. The Hall–Kier alpha value is -0.910. The second-order valence-corrected chi connectivity index (χ2v) is 7.95. The molecule has 0 aromatic rings. The number of nitrogens with zero attached hydrogens (tertiary/aromatic N) is 1. The third kappa shape index (κ3) is 4.58.